The Balaban J connectivity index is 2.36. The van der Waals surface area contributed by atoms with Crippen LogP contribution in [0.25, 0.3) is 10.9 Å². The molecule has 0 spiro atoms. The van der Waals surface area contributed by atoms with Gasteiger partial charge < -0.3 is 14.6 Å². The van der Waals surface area contributed by atoms with Crippen molar-refractivity contribution in [3.8, 4) is 17.2 Å². The van der Waals surface area contributed by atoms with Crippen LogP contribution in [0.2, 0.25) is 0 Å². The lowest BCUT2D eigenvalue weighted by Crippen LogP contribution is -1.94. The van der Waals surface area contributed by atoms with E-state index in [0.717, 1.165) is 6.20 Å². The van der Waals surface area contributed by atoms with Gasteiger partial charge in [-0.1, -0.05) is 0 Å². The molecule has 17 heavy (non-hydrogen) atoms. The summed E-state index contributed by atoms with van der Waals surface area (Å²) in [7, 11) is 0. The summed E-state index contributed by atoms with van der Waals surface area (Å²) in [5, 5.41) is 20.7. The maximum absolute atomic E-state index is 10.6. The van der Waals surface area contributed by atoms with E-state index in [0.29, 0.717) is 17.0 Å². The van der Waals surface area contributed by atoms with Crippen molar-refractivity contribution < 1.29 is 19.5 Å². The van der Waals surface area contributed by atoms with Crippen LogP contribution in [-0.2, 0) is 0 Å². The number of aromatic hydroxyl groups is 1. The fourth-order valence-corrected chi connectivity index (χ4v) is 1.74. The van der Waals surface area contributed by atoms with Gasteiger partial charge in [-0.05, 0) is 12.1 Å². The summed E-state index contributed by atoms with van der Waals surface area (Å²) in [6.07, 6.45) is 1.000. The summed E-state index contributed by atoms with van der Waals surface area (Å²) in [5.41, 5.74) is -0.0838. The van der Waals surface area contributed by atoms with E-state index < -0.39 is 16.4 Å². The molecule has 0 saturated heterocycles. The number of nitrogens with zero attached hydrogens (tertiary/aromatic N) is 2. The van der Waals surface area contributed by atoms with Gasteiger partial charge in [-0.3, -0.25) is 10.1 Å². The van der Waals surface area contributed by atoms with Gasteiger partial charge in [0.2, 0.25) is 12.5 Å². The van der Waals surface area contributed by atoms with Gasteiger partial charge in [0.25, 0.3) is 0 Å². The van der Waals surface area contributed by atoms with Crippen LogP contribution < -0.4 is 9.47 Å². The predicted molar refractivity (Wildman–Crippen MR) is 56.2 cm³/mol. The van der Waals surface area contributed by atoms with Crippen LogP contribution in [0.4, 0.5) is 5.69 Å². The second-order valence-electron chi connectivity index (χ2n) is 3.44. The summed E-state index contributed by atoms with van der Waals surface area (Å²) < 4.78 is 10.3. The number of pyridine rings is 1. The molecule has 0 saturated carbocycles. The molecular formula is C10H6N2O5. The highest BCUT2D eigenvalue weighted by atomic mass is 16.7. The van der Waals surface area contributed by atoms with Crippen LogP contribution in [-0.4, -0.2) is 21.8 Å². The van der Waals surface area contributed by atoms with Gasteiger partial charge in [0, 0.05) is 0 Å². The lowest BCUT2D eigenvalue weighted by molar-refractivity contribution is -0.386. The molecule has 3 rings (SSSR count). The standard InChI is InChI=1S/C10H6N2O5/c13-9-5-1-2-7-10(17-4-16-7)8(5)11-3-6(9)12(14)15/h1-3H,4H2,(H,11,13). The van der Waals surface area contributed by atoms with Crippen molar-refractivity contribution in [1.82, 2.24) is 4.98 Å². The maximum Gasteiger partial charge on any atom is 0.329 e. The van der Waals surface area contributed by atoms with Crippen LogP contribution in [0, 0.1) is 10.1 Å². The quantitative estimate of drug-likeness (QED) is 0.594. The van der Waals surface area contributed by atoms with Gasteiger partial charge in [-0.15, -0.1) is 0 Å². The highest BCUT2D eigenvalue weighted by Crippen LogP contribution is 2.42. The second kappa shape index (κ2) is 3.21. The minimum absolute atomic E-state index is 0.0773. The fourth-order valence-electron chi connectivity index (χ4n) is 1.74. The van der Waals surface area contributed by atoms with E-state index in [2.05, 4.69) is 4.98 Å². The fraction of sp³-hybridized carbons (Fsp3) is 0.100. The van der Waals surface area contributed by atoms with Crippen molar-refractivity contribution >= 4 is 16.6 Å². The van der Waals surface area contributed by atoms with Crippen LogP contribution in [0.1, 0.15) is 0 Å². The Morgan fingerprint density at radius 3 is 3.00 bits per heavy atom. The summed E-state index contributed by atoms with van der Waals surface area (Å²) >= 11 is 0. The molecule has 0 radical (unpaired) electrons. The third kappa shape index (κ3) is 1.25. The first-order chi connectivity index (χ1) is 8.18. The molecule has 1 aliphatic heterocycles. The number of nitro groups is 1. The second-order valence-corrected chi connectivity index (χ2v) is 3.44. The number of aromatic nitrogens is 1. The Bertz CT molecular complexity index is 640. The van der Waals surface area contributed by atoms with E-state index >= 15 is 0 Å². The first-order valence-corrected chi connectivity index (χ1v) is 4.73. The molecule has 0 unspecified atom stereocenters. The Labute approximate surface area is 94.4 Å². The van der Waals surface area contributed by atoms with E-state index in [9.17, 15) is 15.2 Å². The number of fused-ring (bicyclic) bond motifs is 3. The van der Waals surface area contributed by atoms with E-state index in [1.54, 1.807) is 6.07 Å². The zero-order chi connectivity index (χ0) is 12.0. The van der Waals surface area contributed by atoms with Gasteiger partial charge in [-0.2, -0.15) is 0 Å². The average Bonchev–Trinajstić information content (AvgIpc) is 2.77. The first-order valence-electron chi connectivity index (χ1n) is 4.73. The molecule has 2 aromatic rings. The SMILES string of the molecule is O=[N+]([O-])c1cnc2c3c(ccc2c1O)OCO3. The monoisotopic (exact) mass is 234 g/mol. The topological polar surface area (TPSA) is 94.7 Å². The Morgan fingerprint density at radius 1 is 1.41 bits per heavy atom. The minimum Gasteiger partial charge on any atom is -0.502 e. The maximum atomic E-state index is 10.6. The largest absolute Gasteiger partial charge is 0.502 e. The van der Waals surface area contributed by atoms with Crippen molar-refractivity contribution in [3.05, 3.63) is 28.4 Å². The van der Waals surface area contributed by atoms with Crippen LogP contribution in [0.3, 0.4) is 0 Å². The Morgan fingerprint density at radius 2 is 2.24 bits per heavy atom. The molecule has 0 aliphatic carbocycles. The number of benzene rings is 1. The van der Waals surface area contributed by atoms with E-state index in [1.165, 1.54) is 6.07 Å². The molecule has 0 amide bonds. The van der Waals surface area contributed by atoms with Crippen molar-refractivity contribution in [2.45, 2.75) is 0 Å². The van der Waals surface area contributed by atoms with Gasteiger partial charge in [0.15, 0.2) is 11.5 Å². The molecule has 0 atom stereocenters. The number of hydrogen-bond acceptors (Lipinski definition) is 6. The molecule has 1 aromatic carbocycles. The van der Waals surface area contributed by atoms with Gasteiger partial charge in [0.1, 0.15) is 11.7 Å². The van der Waals surface area contributed by atoms with Crippen molar-refractivity contribution in [2.75, 3.05) is 6.79 Å². The van der Waals surface area contributed by atoms with Crippen molar-refractivity contribution in [1.29, 1.82) is 0 Å². The first kappa shape index (κ1) is 9.64. The number of ether oxygens (including phenoxy) is 2. The van der Waals surface area contributed by atoms with Gasteiger partial charge in [0.05, 0.1) is 10.3 Å². The van der Waals surface area contributed by atoms with E-state index in [-0.39, 0.29) is 12.2 Å². The molecular weight excluding hydrogens is 228 g/mol. The van der Waals surface area contributed by atoms with E-state index in [4.69, 9.17) is 9.47 Å². The zero-order valence-corrected chi connectivity index (χ0v) is 8.41. The molecule has 0 bridgehead atoms. The molecule has 86 valence electrons. The van der Waals surface area contributed by atoms with E-state index in [1.807, 2.05) is 0 Å². The summed E-state index contributed by atoms with van der Waals surface area (Å²) in [4.78, 5) is 13.9. The van der Waals surface area contributed by atoms with Crippen LogP contribution in [0.15, 0.2) is 18.3 Å². The Kier molecular flexibility index (Phi) is 1.82. The van der Waals surface area contributed by atoms with Crippen molar-refractivity contribution in [2.24, 2.45) is 0 Å². The molecule has 1 aromatic heterocycles. The summed E-state index contributed by atoms with van der Waals surface area (Å²) in [6.45, 7) is 0.0773. The smallest absolute Gasteiger partial charge is 0.329 e. The minimum atomic E-state index is -0.688. The average molecular weight is 234 g/mol. The highest BCUT2D eigenvalue weighted by molar-refractivity contribution is 5.94. The lowest BCUT2D eigenvalue weighted by atomic mass is 10.1. The molecule has 2 heterocycles. The van der Waals surface area contributed by atoms with Crippen LogP contribution >= 0.6 is 0 Å². The summed E-state index contributed by atoms with van der Waals surface area (Å²) in [6, 6.07) is 3.09. The third-order valence-electron chi connectivity index (χ3n) is 2.52. The normalized spacial score (nSPS) is 12.9. The predicted octanol–water partition coefficient (Wildman–Crippen LogP) is 1.58. The Hall–Kier alpha value is -2.57. The van der Waals surface area contributed by atoms with Crippen LogP contribution in [0.5, 0.6) is 17.2 Å². The lowest BCUT2D eigenvalue weighted by Gasteiger charge is -2.03. The number of rotatable bonds is 1. The van der Waals surface area contributed by atoms with Gasteiger partial charge in [-0.25, -0.2) is 4.98 Å². The molecule has 7 nitrogen and oxygen atoms in total. The molecule has 1 aliphatic rings. The molecule has 1 N–H and O–H groups in total. The highest BCUT2D eigenvalue weighted by Gasteiger charge is 2.23. The zero-order valence-electron chi connectivity index (χ0n) is 8.41. The third-order valence-corrected chi connectivity index (χ3v) is 2.52. The molecule has 7 heteroatoms. The van der Waals surface area contributed by atoms with Gasteiger partial charge >= 0.3 is 5.69 Å². The number of hydrogen-bond donors (Lipinski definition) is 1. The summed E-state index contributed by atoms with van der Waals surface area (Å²) in [5.74, 6) is 0.490. The van der Waals surface area contributed by atoms with Crippen molar-refractivity contribution in [3.63, 3.8) is 0 Å². The molecule has 0 fully saturated rings.